The summed E-state index contributed by atoms with van der Waals surface area (Å²) < 4.78 is 11.0. The van der Waals surface area contributed by atoms with Crippen LogP contribution in [0.2, 0.25) is 0 Å². The molecule has 0 spiro atoms. The Hall–Kier alpha value is -2.78. The molecule has 0 unspecified atom stereocenters. The van der Waals surface area contributed by atoms with Gasteiger partial charge < -0.3 is 9.15 Å². The molecule has 0 radical (unpaired) electrons. The molecule has 0 aliphatic carbocycles. The maximum Gasteiger partial charge on any atom is 0.348 e. The standard InChI is InChI=1S/C20H18N4O3S2/c1-5-26-19(25)15-11(3)14-17(28-15)21-12(4)22-18(14)29-20-24-23-16(27-20)13-9-7-6-8-10(13)2/h6-9H,5H2,1-4H3. The number of carbonyl (C=O) groups excluding carboxylic acids is 1. The minimum absolute atomic E-state index is 0.322. The Kier molecular flexibility index (Phi) is 5.33. The molecule has 0 aliphatic heterocycles. The lowest BCUT2D eigenvalue weighted by Crippen LogP contribution is -2.03. The van der Waals surface area contributed by atoms with Crippen LogP contribution in [0.3, 0.4) is 0 Å². The molecule has 7 nitrogen and oxygen atoms in total. The zero-order chi connectivity index (χ0) is 20.5. The number of thiophene rings is 1. The first kappa shape index (κ1) is 19.5. The molecular formula is C20H18N4O3S2. The fraction of sp³-hybridized carbons (Fsp3) is 0.250. The first-order valence-corrected chi connectivity index (χ1v) is 10.6. The predicted molar refractivity (Wildman–Crippen MR) is 111 cm³/mol. The number of esters is 1. The second-order valence-electron chi connectivity index (χ2n) is 6.32. The number of hydrogen-bond acceptors (Lipinski definition) is 9. The van der Waals surface area contributed by atoms with Crippen LogP contribution in [-0.2, 0) is 4.74 Å². The van der Waals surface area contributed by atoms with Crippen LogP contribution in [0.1, 0.15) is 33.5 Å². The van der Waals surface area contributed by atoms with Gasteiger partial charge in [0.25, 0.3) is 5.22 Å². The smallest absolute Gasteiger partial charge is 0.348 e. The Labute approximate surface area is 175 Å². The first-order chi connectivity index (χ1) is 14.0. The predicted octanol–water partition coefficient (Wildman–Crippen LogP) is 4.99. The van der Waals surface area contributed by atoms with Gasteiger partial charge in [-0.15, -0.1) is 21.5 Å². The normalized spacial score (nSPS) is 11.2. The number of aryl methyl sites for hydroxylation is 3. The van der Waals surface area contributed by atoms with Gasteiger partial charge in [0.05, 0.1) is 6.61 Å². The van der Waals surface area contributed by atoms with Gasteiger partial charge in [-0.05, 0) is 56.7 Å². The van der Waals surface area contributed by atoms with E-state index in [4.69, 9.17) is 9.15 Å². The Morgan fingerprint density at radius 3 is 2.72 bits per heavy atom. The van der Waals surface area contributed by atoms with E-state index in [1.54, 1.807) is 6.92 Å². The molecule has 0 fully saturated rings. The van der Waals surface area contributed by atoms with Crippen molar-refractivity contribution in [1.82, 2.24) is 20.2 Å². The molecule has 1 aromatic carbocycles. The lowest BCUT2D eigenvalue weighted by molar-refractivity contribution is 0.0531. The number of fused-ring (bicyclic) bond motifs is 1. The number of carbonyl (C=O) groups is 1. The van der Waals surface area contributed by atoms with Gasteiger partial charge in [0.1, 0.15) is 20.6 Å². The summed E-state index contributed by atoms with van der Waals surface area (Å²) in [5.41, 5.74) is 2.75. The van der Waals surface area contributed by atoms with Gasteiger partial charge in [0.2, 0.25) is 5.89 Å². The third-order valence-electron chi connectivity index (χ3n) is 4.30. The zero-order valence-electron chi connectivity index (χ0n) is 16.3. The van der Waals surface area contributed by atoms with Crippen molar-refractivity contribution >= 4 is 39.3 Å². The molecule has 0 atom stereocenters. The number of hydrogen-bond donors (Lipinski definition) is 0. The maximum atomic E-state index is 12.3. The maximum absolute atomic E-state index is 12.3. The molecule has 4 rings (SSSR count). The summed E-state index contributed by atoms with van der Waals surface area (Å²) in [5.74, 6) is 0.721. The minimum atomic E-state index is -0.346. The van der Waals surface area contributed by atoms with Gasteiger partial charge in [0.15, 0.2) is 0 Å². The Morgan fingerprint density at radius 1 is 1.17 bits per heavy atom. The molecule has 29 heavy (non-hydrogen) atoms. The van der Waals surface area contributed by atoms with Crippen molar-refractivity contribution in [1.29, 1.82) is 0 Å². The first-order valence-electron chi connectivity index (χ1n) is 9.00. The summed E-state index contributed by atoms with van der Waals surface area (Å²) >= 11 is 2.58. The molecule has 3 heterocycles. The van der Waals surface area contributed by atoms with Crippen molar-refractivity contribution in [2.45, 2.75) is 37.9 Å². The molecule has 148 valence electrons. The second kappa shape index (κ2) is 7.92. The van der Waals surface area contributed by atoms with E-state index in [9.17, 15) is 4.79 Å². The summed E-state index contributed by atoms with van der Waals surface area (Å²) in [6.07, 6.45) is 0. The van der Waals surface area contributed by atoms with E-state index in [2.05, 4.69) is 20.2 Å². The molecule has 0 saturated heterocycles. The van der Waals surface area contributed by atoms with Crippen LogP contribution in [0, 0.1) is 20.8 Å². The number of aromatic nitrogens is 4. The highest BCUT2D eigenvalue weighted by molar-refractivity contribution is 7.99. The summed E-state index contributed by atoms with van der Waals surface area (Å²) in [6.45, 7) is 7.79. The van der Waals surface area contributed by atoms with Crippen LogP contribution in [0.5, 0.6) is 0 Å². The van der Waals surface area contributed by atoms with Crippen LogP contribution in [0.15, 0.2) is 38.9 Å². The van der Waals surface area contributed by atoms with Crippen molar-refractivity contribution in [3.8, 4) is 11.5 Å². The van der Waals surface area contributed by atoms with Crippen LogP contribution >= 0.6 is 23.1 Å². The van der Waals surface area contributed by atoms with Crippen molar-refractivity contribution in [2.75, 3.05) is 6.61 Å². The molecule has 0 saturated carbocycles. The monoisotopic (exact) mass is 426 g/mol. The van der Waals surface area contributed by atoms with Gasteiger partial charge in [-0.25, -0.2) is 14.8 Å². The van der Waals surface area contributed by atoms with E-state index in [1.807, 2.05) is 45.0 Å². The molecule has 0 aliphatic rings. The summed E-state index contributed by atoms with van der Waals surface area (Å²) in [7, 11) is 0. The minimum Gasteiger partial charge on any atom is -0.462 e. The molecule has 4 aromatic rings. The highest BCUT2D eigenvalue weighted by atomic mass is 32.2. The number of rotatable bonds is 5. The SMILES string of the molecule is CCOC(=O)c1sc2nc(C)nc(Sc3nnc(-c4ccccc4C)o3)c2c1C. The molecular weight excluding hydrogens is 408 g/mol. The summed E-state index contributed by atoms with van der Waals surface area (Å²) in [5, 5.41) is 10.2. The third-order valence-corrected chi connectivity index (χ3v) is 6.29. The van der Waals surface area contributed by atoms with E-state index in [0.29, 0.717) is 33.4 Å². The Morgan fingerprint density at radius 2 is 1.97 bits per heavy atom. The van der Waals surface area contributed by atoms with E-state index in [0.717, 1.165) is 26.9 Å². The highest BCUT2D eigenvalue weighted by Crippen LogP contribution is 2.38. The number of nitrogens with zero attached hydrogens (tertiary/aromatic N) is 4. The van der Waals surface area contributed by atoms with Crippen LogP contribution in [0.4, 0.5) is 0 Å². The number of ether oxygens (including phenoxy) is 1. The van der Waals surface area contributed by atoms with E-state index < -0.39 is 0 Å². The van der Waals surface area contributed by atoms with Gasteiger partial charge in [-0.2, -0.15) is 0 Å². The Bertz CT molecular complexity index is 1220. The van der Waals surface area contributed by atoms with Crippen molar-refractivity contribution in [3.05, 3.63) is 46.1 Å². The van der Waals surface area contributed by atoms with Gasteiger partial charge in [-0.1, -0.05) is 18.2 Å². The molecule has 0 bridgehead atoms. The summed E-state index contributed by atoms with van der Waals surface area (Å²) in [6, 6.07) is 7.84. The number of benzene rings is 1. The van der Waals surface area contributed by atoms with E-state index in [1.165, 1.54) is 23.1 Å². The molecule has 0 N–H and O–H groups in total. The van der Waals surface area contributed by atoms with Gasteiger partial charge in [-0.3, -0.25) is 0 Å². The Balaban J connectivity index is 1.73. The van der Waals surface area contributed by atoms with Crippen LogP contribution < -0.4 is 0 Å². The molecule has 9 heteroatoms. The van der Waals surface area contributed by atoms with Crippen molar-refractivity contribution in [2.24, 2.45) is 0 Å². The fourth-order valence-corrected chi connectivity index (χ4v) is 5.01. The quantitative estimate of drug-likeness (QED) is 0.325. The topological polar surface area (TPSA) is 91.0 Å². The van der Waals surface area contributed by atoms with Crippen molar-refractivity contribution in [3.63, 3.8) is 0 Å². The van der Waals surface area contributed by atoms with Crippen LogP contribution in [-0.4, -0.2) is 32.7 Å². The van der Waals surface area contributed by atoms with Gasteiger partial charge in [0, 0.05) is 10.9 Å². The second-order valence-corrected chi connectivity index (χ2v) is 8.26. The summed E-state index contributed by atoms with van der Waals surface area (Å²) in [4.78, 5) is 22.6. The fourth-order valence-electron chi connectivity index (χ4n) is 2.92. The van der Waals surface area contributed by atoms with Crippen molar-refractivity contribution < 1.29 is 13.9 Å². The van der Waals surface area contributed by atoms with E-state index >= 15 is 0 Å². The average Bonchev–Trinajstić information content (AvgIpc) is 3.27. The molecule has 0 amide bonds. The van der Waals surface area contributed by atoms with Crippen LogP contribution in [0.25, 0.3) is 21.7 Å². The van der Waals surface area contributed by atoms with E-state index in [-0.39, 0.29) is 5.97 Å². The third kappa shape index (κ3) is 3.75. The lowest BCUT2D eigenvalue weighted by Gasteiger charge is -2.03. The average molecular weight is 427 g/mol. The lowest BCUT2D eigenvalue weighted by atomic mass is 10.1. The largest absolute Gasteiger partial charge is 0.462 e. The zero-order valence-corrected chi connectivity index (χ0v) is 18.0. The molecule has 3 aromatic heterocycles. The highest BCUT2D eigenvalue weighted by Gasteiger charge is 2.22. The van der Waals surface area contributed by atoms with Gasteiger partial charge >= 0.3 is 5.97 Å².